The molecule has 1 aliphatic rings. The number of alkyl halides is 3. The van der Waals surface area contributed by atoms with Crippen LogP contribution >= 0.6 is 0 Å². The number of hydrogen-bond acceptors (Lipinski definition) is 5. The summed E-state index contributed by atoms with van der Waals surface area (Å²) in [4.78, 5) is 18.1. The van der Waals surface area contributed by atoms with Crippen molar-refractivity contribution in [1.82, 2.24) is 14.3 Å². The zero-order valence-electron chi connectivity index (χ0n) is 15.0. The van der Waals surface area contributed by atoms with Crippen molar-refractivity contribution in [2.24, 2.45) is 0 Å². The highest BCUT2D eigenvalue weighted by Crippen LogP contribution is 2.30. The van der Waals surface area contributed by atoms with Crippen molar-refractivity contribution < 1.29 is 21.6 Å². The highest BCUT2D eigenvalue weighted by molar-refractivity contribution is 7.89. The number of sulfonamides is 1. The van der Waals surface area contributed by atoms with Gasteiger partial charge in [-0.25, -0.2) is 13.4 Å². The number of halogens is 3. The molecular weight excluding hydrogens is 397 g/mol. The fraction of sp³-hybridized carbons (Fsp3) is 0.412. The number of nitrogens with one attached hydrogen (secondary N) is 2. The average molecular weight is 416 g/mol. The van der Waals surface area contributed by atoms with Crippen molar-refractivity contribution in [1.29, 1.82) is 0 Å². The number of nitrogens with zero attached hydrogens (tertiary/aromatic N) is 2. The molecule has 0 unspecified atom stereocenters. The molecule has 0 aliphatic carbocycles. The van der Waals surface area contributed by atoms with Crippen LogP contribution in [0, 0.1) is 6.92 Å². The minimum absolute atomic E-state index is 0.0796. The van der Waals surface area contributed by atoms with Gasteiger partial charge in [0.2, 0.25) is 16.0 Å². The topological polar surface area (TPSA) is 95.2 Å². The summed E-state index contributed by atoms with van der Waals surface area (Å²) in [5.74, 6) is 0.328. The number of hydrogen-bond donors (Lipinski definition) is 2. The molecule has 0 amide bonds. The maximum Gasteiger partial charge on any atom is 0.416 e. The number of aromatic amines is 1. The van der Waals surface area contributed by atoms with Crippen LogP contribution in [-0.4, -0.2) is 41.8 Å². The second-order valence-corrected chi connectivity index (χ2v) is 8.52. The molecule has 0 spiro atoms. The van der Waals surface area contributed by atoms with Gasteiger partial charge in [-0.3, -0.25) is 9.78 Å². The molecule has 28 heavy (non-hydrogen) atoms. The van der Waals surface area contributed by atoms with Gasteiger partial charge in [0.1, 0.15) is 0 Å². The highest BCUT2D eigenvalue weighted by atomic mass is 32.2. The molecule has 11 heteroatoms. The summed E-state index contributed by atoms with van der Waals surface area (Å²) in [6, 6.07) is 4.77. The minimum Gasteiger partial charge on any atom is -0.353 e. The molecule has 0 bridgehead atoms. The second-order valence-electron chi connectivity index (χ2n) is 6.58. The van der Waals surface area contributed by atoms with E-state index in [0.29, 0.717) is 24.5 Å². The first-order valence-corrected chi connectivity index (χ1v) is 10.0. The van der Waals surface area contributed by atoms with E-state index in [9.17, 15) is 26.4 Å². The maximum atomic E-state index is 12.7. The van der Waals surface area contributed by atoms with E-state index in [1.165, 1.54) is 10.4 Å². The summed E-state index contributed by atoms with van der Waals surface area (Å²) in [6.45, 7) is 2.10. The molecular formula is C17H19F3N4O3S. The summed E-state index contributed by atoms with van der Waals surface area (Å²) in [5.41, 5.74) is -0.611. The third kappa shape index (κ3) is 4.53. The molecule has 1 aromatic carbocycles. The molecule has 3 rings (SSSR count). The number of benzene rings is 1. The van der Waals surface area contributed by atoms with Crippen LogP contribution in [0.3, 0.4) is 0 Å². The lowest BCUT2D eigenvalue weighted by Gasteiger charge is -2.31. The van der Waals surface area contributed by atoms with E-state index in [-0.39, 0.29) is 29.6 Å². The molecule has 7 nitrogen and oxygen atoms in total. The van der Waals surface area contributed by atoms with Gasteiger partial charge in [-0.05, 0) is 44.0 Å². The van der Waals surface area contributed by atoms with Crippen LogP contribution in [0.1, 0.15) is 24.1 Å². The van der Waals surface area contributed by atoms with Gasteiger partial charge in [0, 0.05) is 30.9 Å². The maximum absolute atomic E-state index is 12.7. The van der Waals surface area contributed by atoms with Crippen LogP contribution in [0.5, 0.6) is 0 Å². The van der Waals surface area contributed by atoms with Crippen molar-refractivity contribution in [2.75, 3.05) is 18.4 Å². The minimum atomic E-state index is -4.52. The van der Waals surface area contributed by atoms with Crippen LogP contribution in [-0.2, 0) is 16.2 Å². The molecule has 2 N–H and O–H groups in total. The Kier molecular flexibility index (Phi) is 5.48. The first-order valence-electron chi connectivity index (χ1n) is 8.57. The van der Waals surface area contributed by atoms with E-state index in [1.54, 1.807) is 6.92 Å². The molecule has 1 saturated heterocycles. The third-order valence-electron chi connectivity index (χ3n) is 4.48. The first-order chi connectivity index (χ1) is 13.1. The Morgan fingerprint density at radius 1 is 1.18 bits per heavy atom. The van der Waals surface area contributed by atoms with E-state index in [2.05, 4.69) is 15.3 Å². The number of aromatic nitrogens is 2. The highest BCUT2D eigenvalue weighted by Gasteiger charge is 2.33. The van der Waals surface area contributed by atoms with E-state index in [0.717, 1.165) is 24.3 Å². The van der Waals surface area contributed by atoms with Crippen LogP contribution in [0.25, 0.3) is 0 Å². The van der Waals surface area contributed by atoms with Gasteiger partial charge in [-0.1, -0.05) is 0 Å². The molecule has 2 aromatic rings. The van der Waals surface area contributed by atoms with Gasteiger partial charge in [0.25, 0.3) is 5.56 Å². The van der Waals surface area contributed by atoms with Gasteiger partial charge >= 0.3 is 6.18 Å². The van der Waals surface area contributed by atoms with Crippen LogP contribution < -0.4 is 10.9 Å². The van der Waals surface area contributed by atoms with Crippen LogP contribution in [0.4, 0.5) is 19.1 Å². The summed E-state index contributed by atoms with van der Waals surface area (Å²) in [5, 5.41) is 3.09. The number of piperidine rings is 1. The predicted octanol–water partition coefficient (Wildman–Crippen LogP) is 2.36. The molecule has 1 aromatic heterocycles. The summed E-state index contributed by atoms with van der Waals surface area (Å²) in [6.07, 6.45) is -3.58. The number of anilines is 1. The van der Waals surface area contributed by atoms with Crippen LogP contribution in [0.15, 0.2) is 40.0 Å². The third-order valence-corrected chi connectivity index (χ3v) is 6.40. The zero-order chi connectivity index (χ0) is 20.5. The van der Waals surface area contributed by atoms with E-state index >= 15 is 0 Å². The Labute approximate surface area is 159 Å². The normalized spacial score (nSPS) is 16.9. The Morgan fingerprint density at radius 2 is 1.79 bits per heavy atom. The van der Waals surface area contributed by atoms with Gasteiger partial charge in [-0.15, -0.1) is 0 Å². The molecule has 0 atom stereocenters. The quantitative estimate of drug-likeness (QED) is 0.798. The van der Waals surface area contributed by atoms with E-state index < -0.39 is 21.8 Å². The predicted molar refractivity (Wildman–Crippen MR) is 96.4 cm³/mol. The Hall–Kier alpha value is -2.40. The molecule has 1 aliphatic heterocycles. The lowest BCUT2D eigenvalue weighted by molar-refractivity contribution is -0.137. The van der Waals surface area contributed by atoms with E-state index in [1.807, 2.05) is 0 Å². The Balaban J connectivity index is 1.65. The molecule has 0 radical (unpaired) electrons. The Morgan fingerprint density at radius 3 is 2.32 bits per heavy atom. The first kappa shape index (κ1) is 20.3. The van der Waals surface area contributed by atoms with Crippen molar-refractivity contribution in [3.8, 4) is 0 Å². The fourth-order valence-corrected chi connectivity index (χ4v) is 4.52. The van der Waals surface area contributed by atoms with Crippen molar-refractivity contribution in [2.45, 2.75) is 36.9 Å². The van der Waals surface area contributed by atoms with E-state index in [4.69, 9.17) is 0 Å². The number of rotatable bonds is 4. The Bertz CT molecular complexity index is 996. The molecule has 1 fully saturated rings. The van der Waals surface area contributed by atoms with Crippen LogP contribution in [0.2, 0.25) is 0 Å². The zero-order valence-corrected chi connectivity index (χ0v) is 15.8. The van der Waals surface area contributed by atoms with Gasteiger partial charge in [0.15, 0.2) is 0 Å². The van der Waals surface area contributed by atoms with Gasteiger partial charge in [0.05, 0.1) is 10.5 Å². The lowest BCUT2D eigenvalue weighted by atomic mass is 10.1. The fourth-order valence-electron chi connectivity index (χ4n) is 3.05. The average Bonchev–Trinajstić information content (AvgIpc) is 2.61. The standard InChI is InChI=1S/C17H19F3N4O3S/c1-11-10-15(25)23-16(21-11)22-13-6-8-24(9-7-13)28(26,27)14-4-2-12(3-5-14)17(18,19)20/h2-5,10,13H,6-9H2,1H3,(H2,21,22,23,25). The van der Waals surface area contributed by atoms with Gasteiger partial charge < -0.3 is 5.32 Å². The molecule has 152 valence electrons. The van der Waals surface area contributed by atoms with Crippen molar-refractivity contribution in [3.05, 3.63) is 51.9 Å². The molecule has 0 saturated carbocycles. The second kappa shape index (κ2) is 7.55. The monoisotopic (exact) mass is 416 g/mol. The van der Waals surface area contributed by atoms with Crippen molar-refractivity contribution >= 4 is 16.0 Å². The number of aryl methyl sites for hydroxylation is 1. The summed E-state index contributed by atoms with van der Waals surface area (Å²) >= 11 is 0. The number of H-pyrrole nitrogens is 1. The molecule has 2 heterocycles. The van der Waals surface area contributed by atoms with Crippen molar-refractivity contribution in [3.63, 3.8) is 0 Å². The lowest BCUT2D eigenvalue weighted by Crippen LogP contribution is -2.42. The largest absolute Gasteiger partial charge is 0.416 e. The smallest absolute Gasteiger partial charge is 0.353 e. The summed E-state index contributed by atoms with van der Waals surface area (Å²) in [7, 11) is -3.87. The summed E-state index contributed by atoms with van der Waals surface area (Å²) < 4.78 is 64.5. The van der Waals surface area contributed by atoms with Gasteiger partial charge in [-0.2, -0.15) is 17.5 Å². The SMILES string of the molecule is Cc1cc(=O)[nH]c(NC2CCN(S(=O)(=O)c3ccc(C(F)(F)F)cc3)CC2)n1.